The summed E-state index contributed by atoms with van der Waals surface area (Å²) in [4.78, 5) is 46.4. The van der Waals surface area contributed by atoms with Gasteiger partial charge in [-0.05, 0) is 55.9 Å². The smallest absolute Gasteiger partial charge is 0.311 e. The van der Waals surface area contributed by atoms with Crippen molar-refractivity contribution in [3.63, 3.8) is 0 Å². The van der Waals surface area contributed by atoms with Gasteiger partial charge in [0.05, 0.1) is 25.7 Å². The highest BCUT2D eigenvalue weighted by atomic mass is 16.5. The number of Topliss-reactive ketones (excluding diaryl/α,β-unsaturated/α-hetero) is 1. The molecule has 8 nitrogen and oxygen atoms in total. The van der Waals surface area contributed by atoms with Crippen LogP contribution in [0.25, 0.3) is 0 Å². The van der Waals surface area contributed by atoms with E-state index in [2.05, 4.69) is 6.08 Å². The second-order valence-electron chi connectivity index (χ2n) is 11.7. The van der Waals surface area contributed by atoms with E-state index in [1.165, 1.54) is 0 Å². The summed E-state index contributed by atoms with van der Waals surface area (Å²) in [6, 6.07) is 16.0. The Labute approximate surface area is 250 Å². The number of hydrogen-bond donors (Lipinski definition) is 0. The van der Waals surface area contributed by atoms with Crippen LogP contribution in [0.5, 0.6) is 11.5 Å². The lowest BCUT2D eigenvalue weighted by atomic mass is 9.66. The fourth-order valence-electron chi connectivity index (χ4n) is 8.12. The van der Waals surface area contributed by atoms with Gasteiger partial charge in [-0.25, -0.2) is 0 Å². The summed E-state index contributed by atoms with van der Waals surface area (Å²) in [6.45, 7) is 2.37. The highest BCUT2D eigenvalue weighted by Crippen LogP contribution is 2.60. The minimum atomic E-state index is -1.16. The third-order valence-electron chi connectivity index (χ3n) is 9.80. The minimum Gasteiger partial charge on any atom is -0.497 e. The second-order valence-corrected chi connectivity index (χ2v) is 11.7. The Hall–Kier alpha value is -4.43. The molecule has 1 amide bonds. The Morgan fingerprint density at radius 1 is 1.00 bits per heavy atom. The zero-order chi connectivity index (χ0) is 29.9. The van der Waals surface area contributed by atoms with E-state index in [1.807, 2.05) is 96.9 Å². The summed E-state index contributed by atoms with van der Waals surface area (Å²) in [5.74, 6) is -1.09. The number of anilines is 1. The highest BCUT2D eigenvalue weighted by Gasteiger charge is 2.73. The zero-order valence-electron chi connectivity index (χ0n) is 24.4. The Kier molecular flexibility index (Phi) is 6.62. The molecule has 7 rings (SSSR count). The number of benzene rings is 2. The van der Waals surface area contributed by atoms with Crippen molar-refractivity contribution >= 4 is 23.3 Å². The van der Waals surface area contributed by atoms with Gasteiger partial charge in [-0.3, -0.25) is 19.3 Å². The van der Waals surface area contributed by atoms with Crippen LogP contribution in [0.15, 0.2) is 102 Å². The van der Waals surface area contributed by atoms with Gasteiger partial charge in [0.1, 0.15) is 17.0 Å². The Morgan fingerprint density at radius 2 is 1.77 bits per heavy atom. The first kappa shape index (κ1) is 27.4. The molecule has 43 heavy (non-hydrogen) atoms. The number of methoxy groups -OCH3 is 1. The molecule has 8 heteroatoms. The van der Waals surface area contributed by atoms with Crippen molar-refractivity contribution in [3.8, 4) is 11.5 Å². The number of rotatable bonds is 7. The highest BCUT2D eigenvalue weighted by molar-refractivity contribution is 6.11. The largest absolute Gasteiger partial charge is 0.497 e. The lowest BCUT2D eigenvalue weighted by Crippen LogP contribution is -2.71. The van der Waals surface area contributed by atoms with Crippen LogP contribution >= 0.6 is 0 Å². The number of amides is 1. The van der Waals surface area contributed by atoms with E-state index < -0.39 is 35.5 Å². The summed E-state index contributed by atoms with van der Waals surface area (Å²) in [5, 5.41) is 0. The number of esters is 1. The molecule has 3 fully saturated rings. The van der Waals surface area contributed by atoms with E-state index in [-0.39, 0.29) is 30.1 Å². The number of ketones is 1. The van der Waals surface area contributed by atoms with Crippen molar-refractivity contribution in [2.75, 3.05) is 32.2 Å². The van der Waals surface area contributed by atoms with Crippen molar-refractivity contribution in [2.45, 2.75) is 24.6 Å². The average Bonchev–Trinajstić information content (AvgIpc) is 3.47. The molecular formula is C35H34N2O6. The van der Waals surface area contributed by atoms with E-state index >= 15 is 0 Å². The van der Waals surface area contributed by atoms with Crippen LogP contribution in [0, 0.1) is 23.7 Å². The Morgan fingerprint density at radius 3 is 2.49 bits per heavy atom. The molecule has 0 bridgehead atoms. The summed E-state index contributed by atoms with van der Waals surface area (Å²) in [5.41, 5.74) is 1.31. The number of para-hydroxylation sites is 1. The third-order valence-corrected chi connectivity index (χ3v) is 9.80. The van der Waals surface area contributed by atoms with Crippen LogP contribution in [0.3, 0.4) is 0 Å². The second kappa shape index (κ2) is 10.4. The van der Waals surface area contributed by atoms with Crippen LogP contribution in [0.4, 0.5) is 5.69 Å². The van der Waals surface area contributed by atoms with Gasteiger partial charge < -0.3 is 19.1 Å². The fourth-order valence-corrected chi connectivity index (χ4v) is 8.12. The number of fused-ring (bicyclic) bond motifs is 1. The van der Waals surface area contributed by atoms with E-state index in [4.69, 9.17) is 14.2 Å². The van der Waals surface area contributed by atoms with E-state index in [0.29, 0.717) is 23.7 Å². The molecule has 2 aromatic carbocycles. The molecule has 0 N–H and O–H groups in total. The van der Waals surface area contributed by atoms with Gasteiger partial charge in [-0.1, -0.05) is 54.7 Å². The van der Waals surface area contributed by atoms with Crippen LogP contribution in [-0.2, 0) is 19.1 Å². The first-order valence-corrected chi connectivity index (χ1v) is 14.8. The van der Waals surface area contributed by atoms with Crippen LogP contribution < -0.4 is 14.4 Å². The number of carbonyl (C=O) groups is 3. The van der Waals surface area contributed by atoms with Crippen LogP contribution in [0.1, 0.15) is 6.92 Å². The molecule has 2 saturated heterocycles. The molecule has 7 atom stereocenters. The molecule has 220 valence electrons. The monoisotopic (exact) mass is 578 g/mol. The predicted molar refractivity (Wildman–Crippen MR) is 161 cm³/mol. The normalized spacial score (nSPS) is 32.3. The Balaban J connectivity index is 1.35. The molecule has 2 unspecified atom stereocenters. The maximum absolute atomic E-state index is 14.6. The van der Waals surface area contributed by atoms with Gasteiger partial charge in [-0.2, -0.15) is 0 Å². The molecule has 1 saturated carbocycles. The van der Waals surface area contributed by atoms with Crippen molar-refractivity contribution in [1.29, 1.82) is 0 Å². The molecule has 2 heterocycles. The molecule has 0 aromatic heterocycles. The SMILES string of the molecule is CCOC(=O)[C@@H]1[C@@H]([C@H]2[C@@H](Oc3ccccc3)C(=O)N2c2ccc(OC)cc2)CN(C)[C@@]12C(=O)C1=CC=CC3=CC=CC2C31. The Bertz CT molecular complexity index is 1590. The number of carbonyl (C=O) groups excluding carboxylic acids is 3. The molecular weight excluding hydrogens is 544 g/mol. The van der Waals surface area contributed by atoms with E-state index in [1.54, 1.807) is 18.9 Å². The number of nitrogens with zero attached hydrogens (tertiary/aromatic N) is 2. The molecule has 0 radical (unpaired) electrons. The van der Waals surface area contributed by atoms with Crippen molar-refractivity contribution in [2.24, 2.45) is 23.7 Å². The topological polar surface area (TPSA) is 85.4 Å². The summed E-state index contributed by atoms with van der Waals surface area (Å²) in [7, 11) is 3.52. The molecule has 2 aromatic rings. The van der Waals surface area contributed by atoms with Gasteiger partial charge in [0.25, 0.3) is 5.91 Å². The summed E-state index contributed by atoms with van der Waals surface area (Å²) in [6.07, 6.45) is 11.1. The molecule has 1 spiro atoms. The summed E-state index contributed by atoms with van der Waals surface area (Å²) < 4.78 is 17.4. The van der Waals surface area contributed by atoms with Crippen LogP contribution in [-0.4, -0.2) is 67.6 Å². The molecule has 2 aliphatic heterocycles. The quantitative estimate of drug-likeness (QED) is 0.361. The van der Waals surface area contributed by atoms with E-state index in [9.17, 15) is 14.4 Å². The van der Waals surface area contributed by atoms with Crippen molar-refractivity contribution in [3.05, 3.63) is 102 Å². The number of ether oxygens (including phenoxy) is 3. The van der Waals surface area contributed by atoms with Crippen LogP contribution in [0.2, 0.25) is 0 Å². The lowest BCUT2D eigenvalue weighted by Gasteiger charge is -2.50. The number of β-lactam (4-membered cyclic amide) rings is 1. The molecule has 3 aliphatic carbocycles. The van der Waals surface area contributed by atoms with Gasteiger partial charge in [0.2, 0.25) is 0 Å². The standard InChI is InChI=1S/C35H34N2O6/c1-4-42-34(40)29-26(20-36(2)35(29)27-15-9-11-21-10-8-14-25(28(21)27)32(35)38)30-31(43-24-12-6-5-7-13-24)33(39)37(30)22-16-18-23(41-3)19-17-22/h5-19,26-31H,4,20H2,1-3H3/t26-,27?,28?,29-,30-,31+,35+/m0/s1. The van der Waals surface area contributed by atoms with Gasteiger partial charge in [0.15, 0.2) is 11.9 Å². The summed E-state index contributed by atoms with van der Waals surface area (Å²) >= 11 is 0. The third kappa shape index (κ3) is 3.89. The molecule has 5 aliphatic rings. The zero-order valence-corrected chi connectivity index (χ0v) is 24.4. The van der Waals surface area contributed by atoms with Crippen molar-refractivity contribution < 1.29 is 28.6 Å². The number of likely N-dealkylation sites (N-methyl/N-ethyl adjacent to an activating group) is 1. The lowest BCUT2D eigenvalue weighted by molar-refractivity contribution is -0.158. The first-order chi connectivity index (χ1) is 20.9. The van der Waals surface area contributed by atoms with Crippen molar-refractivity contribution in [1.82, 2.24) is 4.90 Å². The van der Waals surface area contributed by atoms with E-state index in [0.717, 1.165) is 11.1 Å². The maximum atomic E-state index is 14.6. The minimum absolute atomic E-state index is 0.0467. The van der Waals surface area contributed by atoms with Gasteiger partial charge in [0, 0.05) is 35.6 Å². The number of hydrogen-bond acceptors (Lipinski definition) is 7. The first-order valence-electron chi connectivity index (χ1n) is 14.8. The average molecular weight is 579 g/mol. The number of likely N-dealkylation sites (tertiary alicyclic amines) is 1. The van der Waals surface area contributed by atoms with Gasteiger partial charge >= 0.3 is 5.97 Å². The fraction of sp³-hybridized carbons (Fsp3) is 0.343. The predicted octanol–water partition coefficient (Wildman–Crippen LogP) is 4.15. The van der Waals surface area contributed by atoms with Gasteiger partial charge in [-0.15, -0.1) is 0 Å². The number of allylic oxidation sites excluding steroid dienone is 6. The maximum Gasteiger partial charge on any atom is 0.311 e.